The zero-order chi connectivity index (χ0) is 10.1. The number of isocyanates is 1. The highest BCUT2D eigenvalue weighted by atomic mass is 16.6. The zero-order valence-corrected chi connectivity index (χ0v) is 8.08. The molecule has 0 aliphatic carbocycles. The van der Waals surface area contributed by atoms with Gasteiger partial charge in [0.05, 0.1) is 0 Å². The van der Waals surface area contributed by atoms with Crippen LogP contribution >= 0.6 is 0 Å². The number of hydrogen-bond acceptors (Lipinski definition) is 4. The quantitative estimate of drug-likeness (QED) is 0.274. The molecule has 0 saturated heterocycles. The minimum absolute atomic E-state index is 0.306. The van der Waals surface area contributed by atoms with E-state index in [0.29, 0.717) is 6.42 Å². The first-order chi connectivity index (χ1) is 6.20. The van der Waals surface area contributed by atoms with Gasteiger partial charge < -0.3 is 4.74 Å². The number of esters is 1. The lowest BCUT2D eigenvalue weighted by Gasteiger charge is -2.05. The van der Waals surface area contributed by atoms with E-state index in [-0.39, 0.29) is 5.97 Å². The van der Waals surface area contributed by atoms with Crippen LogP contribution < -0.4 is 0 Å². The standard InChI is InChI=1S/C9H15NO3/c1-3-4-5-6-9(12)13-8(2)10-7-11/h8H,3-6H2,1-2H3. The molecular weight excluding hydrogens is 170 g/mol. The van der Waals surface area contributed by atoms with Gasteiger partial charge in [0.2, 0.25) is 12.3 Å². The van der Waals surface area contributed by atoms with Crippen LogP contribution in [0.4, 0.5) is 0 Å². The molecule has 74 valence electrons. The molecule has 0 spiro atoms. The van der Waals surface area contributed by atoms with Crippen molar-refractivity contribution in [2.45, 2.75) is 45.8 Å². The molecule has 0 aromatic rings. The summed E-state index contributed by atoms with van der Waals surface area (Å²) in [5.41, 5.74) is 0. The molecule has 0 N–H and O–H groups in total. The molecule has 0 aromatic heterocycles. The zero-order valence-electron chi connectivity index (χ0n) is 8.08. The highest BCUT2D eigenvalue weighted by Gasteiger charge is 2.06. The van der Waals surface area contributed by atoms with Gasteiger partial charge >= 0.3 is 5.97 Å². The molecule has 4 nitrogen and oxygen atoms in total. The van der Waals surface area contributed by atoms with Crippen molar-refractivity contribution in [3.05, 3.63) is 0 Å². The van der Waals surface area contributed by atoms with Gasteiger partial charge in [0.1, 0.15) is 0 Å². The first kappa shape index (κ1) is 11.8. The highest BCUT2D eigenvalue weighted by molar-refractivity contribution is 5.69. The normalized spacial score (nSPS) is 11.5. The Labute approximate surface area is 78.0 Å². The second-order valence-electron chi connectivity index (χ2n) is 2.77. The van der Waals surface area contributed by atoms with Crippen LogP contribution in [-0.2, 0) is 14.3 Å². The van der Waals surface area contributed by atoms with Crippen molar-refractivity contribution in [1.29, 1.82) is 0 Å². The van der Waals surface area contributed by atoms with E-state index < -0.39 is 6.23 Å². The van der Waals surface area contributed by atoms with Gasteiger partial charge in [-0.25, -0.2) is 4.79 Å². The molecule has 0 aliphatic heterocycles. The molecule has 0 aliphatic rings. The maximum Gasteiger partial charge on any atom is 0.307 e. The molecule has 0 radical (unpaired) electrons. The molecular formula is C9H15NO3. The number of unbranched alkanes of at least 4 members (excludes halogenated alkanes) is 2. The van der Waals surface area contributed by atoms with Crippen LogP contribution in [0.5, 0.6) is 0 Å². The predicted octanol–water partition coefficient (Wildman–Crippen LogP) is 1.79. The molecule has 1 unspecified atom stereocenters. The van der Waals surface area contributed by atoms with Crippen molar-refractivity contribution in [1.82, 2.24) is 0 Å². The SMILES string of the molecule is CCCCCC(=O)OC(C)N=C=O. The van der Waals surface area contributed by atoms with Gasteiger partial charge in [-0.05, 0) is 13.3 Å². The molecule has 0 heterocycles. The third kappa shape index (κ3) is 7.22. The summed E-state index contributed by atoms with van der Waals surface area (Å²) < 4.78 is 4.77. The maximum atomic E-state index is 11.0. The van der Waals surface area contributed by atoms with Gasteiger partial charge in [-0.1, -0.05) is 19.8 Å². The third-order valence-electron chi connectivity index (χ3n) is 1.52. The van der Waals surface area contributed by atoms with E-state index >= 15 is 0 Å². The summed E-state index contributed by atoms with van der Waals surface area (Å²) in [6.07, 6.45) is 3.94. The minimum atomic E-state index is -0.702. The molecule has 0 aromatic carbocycles. The van der Waals surface area contributed by atoms with Crippen LogP contribution in [0, 0.1) is 0 Å². The van der Waals surface area contributed by atoms with E-state index in [0.717, 1.165) is 19.3 Å². The molecule has 13 heavy (non-hydrogen) atoms. The van der Waals surface area contributed by atoms with Gasteiger partial charge in [-0.2, -0.15) is 4.99 Å². The summed E-state index contributed by atoms with van der Waals surface area (Å²) in [7, 11) is 0. The van der Waals surface area contributed by atoms with Crippen molar-refractivity contribution < 1.29 is 14.3 Å². The van der Waals surface area contributed by atoms with E-state index in [4.69, 9.17) is 4.74 Å². The molecule has 0 saturated carbocycles. The molecule has 4 heteroatoms. The Morgan fingerprint density at radius 2 is 2.23 bits per heavy atom. The maximum absolute atomic E-state index is 11.0. The number of ether oxygens (including phenoxy) is 1. The molecule has 0 fully saturated rings. The average Bonchev–Trinajstić information content (AvgIpc) is 2.05. The number of carbonyl (C=O) groups is 1. The first-order valence-electron chi connectivity index (χ1n) is 4.47. The lowest BCUT2D eigenvalue weighted by Crippen LogP contribution is -2.12. The Morgan fingerprint density at radius 3 is 2.77 bits per heavy atom. The summed E-state index contributed by atoms with van der Waals surface area (Å²) in [5.74, 6) is -0.306. The van der Waals surface area contributed by atoms with Gasteiger partial charge in [-0.3, -0.25) is 4.79 Å². The van der Waals surface area contributed by atoms with Crippen molar-refractivity contribution in [2.75, 3.05) is 0 Å². The van der Waals surface area contributed by atoms with Crippen LogP contribution in [0.1, 0.15) is 39.5 Å². The summed E-state index contributed by atoms with van der Waals surface area (Å²) in [6, 6.07) is 0. The van der Waals surface area contributed by atoms with E-state index in [9.17, 15) is 9.59 Å². The first-order valence-corrected chi connectivity index (χ1v) is 4.47. The van der Waals surface area contributed by atoms with Crippen LogP contribution in [-0.4, -0.2) is 18.3 Å². The summed E-state index contributed by atoms with van der Waals surface area (Å²) in [5, 5.41) is 0. The predicted molar refractivity (Wildman–Crippen MR) is 47.8 cm³/mol. The Morgan fingerprint density at radius 1 is 1.54 bits per heavy atom. The van der Waals surface area contributed by atoms with Gasteiger partial charge in [0.25, 0.3) is 0 Å². The van der Waals surface area contributed by atoms with E-state index in [1.54, 1.807) is 0 Å². The largest absolute Gasteiger partial charge is 0.439 e. The molecule has 0 bridgehead atoms. The second kappa shape index (κ2) is 7.50. The lowest BCUT2D eigenvalue weighted by molar-refractivity contribution is -0.147. The van der Waals surface area contributed by atoms with Crippen molar-refractivity contribution in [3.8, 4) is 0 Å². The smallest absolute Gasteiger partial charge is 0.307 e. The molecule has 0 rings (SSSR count). The molecule has 0 amide bonds. The minimum Gasteiger partial charge on any atom is -0.439 e. The fourth-order valence-corrected chi connectivity index (χ4v) is 0.869. The Hall–Kier alpha value is -1.15. The number of rotatable bonds is 6. The number of nitrogens with zero attached hydrogens (tertiary/aromatic N) is 1. The van der Waals surface area contributed by atoms with Crippen LogP contribution in [0.2, 0.25) is 0 Å². The fraction of sp³-hybridized carbons (Fsp3) is 0.778. The third-order valence-corrected chi connectivity index (χ3v) is 1.52. The van der Waals surface area contributed by atoms with Crippen LogP contribution in [0.15, 0.2) is 4.99 Å². The lowest BCUT2D eigenvalue weighted by atomic mass is 10.2. The summed E-state index contributed by atoms with van der Waals surface area (Å²) in [6.45, 7) is 3.59. The van der Waals surface area contributed by atoms with Crippen LogP contribution in [0.3, 0.4) is 0 Å². The Balaban J connectivity index is 3.55. The van der Waals surface area contributed by atoms with E-state index in [2.05, 4.69) is 11.9 Å². The Bertz CT molecular complexity index is 197. The summed E-state index contributed by atoms with van der Waals surface area (Å²) >= 11 is 0. The Kier molecular flexibility index (Phi) is 6.83. The van der Waals surface area contributed by atoms with Gasteiger partial charge in [0.15, 0.2) is 0 Å². The monoisotopic (exact) mass is 185 g/mol. The van der Waals surface area contributed by atoms with Crippen molar-refractivity contribution >= 4 is 12.0 Å². The molecule has 1 atom stereocenters. The second-order valence-corrected chi connectivity index (χ2v) is 2.77. The topological polar surface area (TPSA) is 55.7 Å². The highest BCUT2D eigenvalue weighted by Crippen LogP contribution is 2.02. The summed E-state index contributed by atoms with van der Waals surface area (Å²) in [4.78, 5) is 24.0. The van der Waals surface area contributed by atoms with E-state index in [1.165, 1.54) is 13.0 Å². The fourth-order valence-electron chi connectivity index (χ4n) is 0.869. The van der Waals surface area contributed by atoms with Crippen molar-refractivity contribution in [2.24, 2.45) is 4.99 Å². The number of carbonyl (C=O) groups excluding carboxylic acids is 2. The van der Waals surface area contributed by atoms with Gasteiger partial charge in [-0.15, -0.1) is 0 Å². The number of hydrogen-bond donors (Lipinski definition) is 0. The van der Waals surface area contributed by atoms with Crippen molar-refractivity contribution in [3.63, 3.8) is 0 Å². The average molecular weight is 185 g/mol. The van der Waals surface area contributed by atoms with Gasteiger partial charge in [0, 0.05) is 6.42 Å². The number of aliphatic imine (C=N–C) groups is 1. The van der Waals surface area contributed by atoms with Crippen LogP contribution in [0.25, 0.3) is 0 Å². The van der Waals surface area contributed by atoms with E-state index in [1.807, 2.05) is 0 Å².